The average molecular weight is 508 g/mol. The second-order valence-electron chi connectivity index (χ2n) is 5.60. The first-order valence-electron chi connectivity index (χ1n) is 7.30. The molecule has 2 aromatic heterocycles. The number of pyridine rings is 1. The number of amides is 1. The van der Waals surface area contributed by atoms with Crippen LogP contribution in [0.25, 0.3) is 0 Å². The van der Waals surface area contributed by atoms with Crippen molar-refractivity contribution in [1.82, 2.24) is 14.3 Å². The third kappa shape index (κ3) is 4.82. The first-order valence-corrected chi connectivity index (χ1v) is 9.95. The van der Waals surface area contributed by atoms with Gasteiger partial charge in [-0.1, -0.05) is 11.6 Å². The molecule has 0 radical (unpaired) electrons. The molecule has 0 saturated heterocycles. The molecule has 1 amide bonds. The van der Waals surface area contributed by atoms with Crippen molar-refractivity contribution in [2.24, 2.45) is 7.05 Å². The maximum Gasteiger partial charge on any atom is 0.404 e. The summed E-state index contributed by atoms with van der Waals surface area (Å²) in [4.78, 5) is 15.1. The number of sulfonamides is 1. The maximum atomic E-state index is 13.2. The fraction of sp³-hybridized carbons (Fsp3) is 0.286. The smallest absolute Gasteiger partial charge is 0.344 e. The standard InChI is InChI=1S/C14H12BrClF4N4O3S/c1-6(14(18,19)20)23-28(26,27)9-5-24(2)11(10(9)16)13(25)22-7-3-8(15)12(17)21-4-7/h3-6,23H,1-2H3,(H,22,25). The van der Waals surface area contributed by atoms with Crippen LogP contribution in [0, 0.1) is 5.95 Å². The van der Waals surface area contributed by atoms with Crippen LogP contribution in [-0.4, -0.2) is 36.1 Å². The number of carbonyl (C=O) groups excluding carboxylic acids is 1. The van der Waals surface area contributed by atoms with E-state index in [1.807, 2.05) is 0 Å². The van der Waals surface area contributed by atoms with E-state index in [0.29, 0.717) is 6.92 Å². The van der Waals surface area contributed by atoms with Gasteiger partial charge in [0.1, 0.15) is 16.6 Å². The summed E-state index contributed by atoms with van der Waals surface area (Å²) in [5.41, 5.74) is -0.258. The molecule has 0 aliphatic rings. The summed E-state index contributed by atoms with van der Waals surface area (Å²) >= 11 is 8.85. The third-order valence-electron chi connectivity index (χ3n) is 3.47. The van der Waals surface area contributed by atoms with E-state index in [0.717, 1.165) is 17.0 Å². The van der Waals surface area contributed by atoms with Gasteiger partial charge >= 0.3 is 6.18 Å². The summed E-state index contributed by atoms with van der Waals surface area (Å²) in [6, 6.07) is -1.16. The van der Waals surface area contributed by atoms with E-state index in [1.54, 1.807) is 0 Å². The molecule has 0 fully saturated rings. The minimum Gasteiger partial charge on any atom is -0.344 e. The molecule has 2 aromatic rings. The molecule has 14 heteroatoms. The molecule has 1 unspecified atom stereocenters. The third-order valence-corrected chi connectivity index (χ3v) is 6.07. The fourth-order valence-corrected chi connectivity index (χ4v) is 4.34. The van der Waals surface area contributed by atoms with Crippen molar-refractivity contribution in [3.63, 3.8) is 0 Å². The Balaban J connectivity index is 2.34. The molecule has 0 saturated carbocycles. The van der Waals surface area contributed by atoms with Crippen molar-refractivity contribution in [1.29, 1.82) is 0 Å². The molecular formula is C14H12BrClF4N4O3S. The average Bonchev–Trinajstić information content (AvgIpc) is 2.85. The van der Waals surface area contributed by atoms with E-state index in [2.05, 4.69) is 26.2 Å². The SMILES string of the molecule is CC(NS(=O)(=O)c1cn(C)c(C(=O)Nc2cnc(F)c(Br)c2)c1Cl)C(F)(F)F. The molecule has 2 N–H and O–H groups in total. The number of hydrogen-bond donors (Lipinski definition) is 2. The van der Waals surface area contributed by atoms with E-state index in [4.69, 9.17) is 11.6 Å². The number of nitrogens with zero attached hydrogens (tertiary/aromatic N) is 2. The topological polar surface area (TPSA) is 93.1 Å². The predicted octanol–water partition coefficient (Wildman–Crippen LogP) is 3.46. The van der Waals surface area contributed by atoms with Crippen LogP contribution in [-0.2, 0) is 17.1 Å². The van der Waals surface area contributed by atoms with Crippen LogP contribution in [0.5, 0.6) is 0 Å². The molecule has 28 heavy (non-hydrogen) atoms. The zero-order valence-electron chi connectivity index (χ0n) is 14.1. The van der Waals surface area contributed by atoms with Gasteiger partial charge in [-0.15, -0.1) is 0 Å². The van der Waals surface area contributed by atoms with Crippen LogP contribution >= 0.6 is 27.5 Å². The van der Waals surface area contributed by atoms with Crippen LogP contribution in [0.2, 0.25) is 5.02 Å². The van der Waals surface area contributed by atoms with Gasteiger partial charge in [0.15, 0.2) is 0 Å². The highest BCUT2D eigenvalue weighted by molar-refractivity contribution is 9.10. The van der Waals surface area contributed by atoms with E-state index in [9.17, 15) is 30.8 Å². The first kappa shape index (κ1) is 22.6. The fourth-order valence-electron chi connectivity index (χ4n) is 2.06. The molecule has 0 bridgehead atoms. The lowest BCUT2D eigenvalue weighted by molar-refractivity contribution is -0.147. The van der Waals surface area contributed by atoms with Crippen LogP contribution in [0.15, 0.2) is 27.8 Å². The van der Waals surface area contributed by atoms with Gasteiger partial charge in [-0.25, -0.2) is 13.4 Å². The number of hydrogen-bond acceptors (Lipinski definition) is 4. The van der Waals surface area contributed by atoms with Gasteiger partial charge in [-0.2, -0.15) is 22.3 Å². The lowest BCUT2D eigenvalue weighted by Crippen LogP contribution is -2.42. The summed E-state index contributed by atoms with van der Waals surface area (Å²) in [6.45, 7) is 0.626. The molecule has 1 atom stereocenters. The minimum atomic E-state index is -4.81. The van der Waals surface area contributed by atoms with Crippen molar-refractivity contribution in [3.05, 3.63) is 39.6 Å². The van der Waals surface area contributed by atoms with Gasteiger partial charge in [-0.05, 0) is 28.9 Å². The molecule has 2 heterocycles. The number of nitrogens with one attached hydrogen (secondary N) is 2. The van der Waals surface area contributed by atoms with Crippen LogP contribution in [0.3, 0.4) is 0 Å². The molecule has 0 spiro atoms. The van der Waals surface area contributed by atoms with Crippen LogP contribution in [0.1, 0.15) is 17.4 Å². The van der Waals surface area contributed by atoms with E-state index in [1.165, 1.54) is 17.8 Å². The van der Waals surface area contributed by atoms with E-state index >= 15 is 0 Å². The molecule has 2 rings (SSSR count). The highest BCUT2D eigenvalue weighted by atomic mass is 79.9. The number of aromatic nitrogens is 2. The summed E-state index contributed by atoms with van der Waals surface area (Å²) in [6.07, 6.45) is -2.89. The Kier molecular flexibility index (Phi) is 6.43. The monoisotopic (exact) mass is 506 g/mol. The zero-order chi connectivity index (χ0) is 21.4. The maximum absolute atomic E-state index is 13.2. The highest BCUT2D eigenvalue weighted by Crippen LogP contribution is 2.29. The number of rotatable bonds is 5. The number of halogens is 6. The van der Waals surface area contributed by atoms with Crippen molar-refractivity contribution in [3.8, 4) is 0 Å². The number of alkyl halides is 3. The summed E-state index contributed by atoms with van der Waals surface area (Å²) < 4.78 is 78.0. The van der Waals surface area contributed by atoms with Gasteiger partial charge in [-0.3, -0.25) is 4.79 Å². The van der Waals surface area contributed by atoms with E-state index in [-0.39, 0.29) is 15.9 Å². The van der Waals surface area contributed by atoms with Crippen LogP contribution < -0.4 is 10.0 Å². The Bertz CT molecular complexity index is 1030. The molecule has 7 nitrogen and oxygen atoms in total. The van der Waals surface area contributed by atoms with Gasteiger partial charge in [0.25, 0.3) is 5.91 Å². The van der Waals surface area contributed by atoms with Crippen LogP contribution in [0.4, 0.5) is 23.2 Å². The largest absolute Gasteiger partial charge is 0.404 e. The molecule has 154 valence electrons. The second-order valence-corrected chi connectivity index (χ2v) is 8.52. The number of aryl methyl sites for hydroxylation is 1. The Labute approximate surface area is 170 Å². The molecule has 0 aliphatic carbocycles. The quantitative estimate of drug-likeness (QED) is 0.479. The van der Waals surface area contributed by atoms with Gasteiger partial charge in [0.05, 0.1) is 21.4 Å². The number of anilines is 1. The Hall–Kier alpha value is -1.70. The Morgan fingerprint density at radius 1 is 1.39 bits per heavy atom. The highest BCUT2D eigenvalue weighted by Gasteiger charge is 2.40. The lowest BCUT2D eigenvalue weighted by Gasteiger charge is -2.16. The summed E-state index contributed by atoms with van der Waals surface area (Å²) in [5.74, 6) is -1.69. The van der Waals surface area contributed by atoms with Crippen molar-refractivity contribution in [2.45, 2.75) is 24.0 Å². The molecule has 0 aromatic carbocycles. The zero-order valence-corrected chi connectivity index (χ0v) is 17.3. The first-order chi connectivity index (χ1) is 12.7. The normalized spacial score (nSPS) is 13.4. The Morgan fingerprint density at radius 3 is 2.54 bits per heavy atom. The molecular weight excluding hydrogens is 496 g/mol. The second kappa shape index (κ2) is 7.97. The molecule has 0 aliphatic heterocycles. The van der Waals surface area contributed by atoms with Gasteiger partial charge in [0.2, 0.25) is 16.0 Å². The van der Waals surface area contributed by atoms with Gasteiger partial charge in [0, 0.05) is 13.2 Å². The minimum absolute atomic E-state index is 0.0307. The van der Waals surface area contributed by atoms with Gasteiger partial charge < -0.3 is 9.88 Å². The number of carbonyl (C=O) groups is 1. The van der Waals surface area contributed by atoms with Crippen molar-refractivity contribution >= 4 is 49.1 Å². The van der Waals surface area contributed by atoms with E-state index < -0.39 is 44.0 Å². The lowest BCUT2D eigenvalue weighted by atomic mass is 10.3. The summed E-state index contributed by atoms with van der Waals surface area (Å²) in [7, 11) is -3.38. The van der Waals surface area contributed by atoms with Crippen molar-refractivity contribution < 1.29 is 30.8 Å². The predicted molar refractivity (Wildman–Crippen MR) is 96.1 cm³/mol. The summed E-state index contributed by atoms with van der Waals surface area (Å²) in [5, 5.41) is 1.77. The van der Waals surface area contributed by atoms with Crippen molar-refractivity contribution in [2.75, 3.05) is 5.32 Å². The Morgan fingerprint density at radius 2 is 2.00 bits per heavy atom.